The summed E-state index contributed by atoms with van der Waals surface area (Å²) in [7, 11) is 0. The standard InChI is InChI=1S/C16H17N3O3S/c1-2-6-22-15(21)10-4-3-5-11(7-10)17-16-18-13-9-23-8-12(13)14(20)19-16/h3-5,7H,2,6,8-9H2,1H3,(H2,17,18,19,20). The SMILES string of the molecule is CCCOC(=O)c1cccc(Nc2nc3c(c(=O)[nH]2)CSC3)c1. The van der Waals surface area contributed by atoms with Crippen molar-refractivity contribution in [1.82, 2.24) is 9.97 Å². The molecular formula is C16H17N3O3S. The zero-order valence-electron chi connectivity index (χ0n) is 12.7. The summed E-state index contributed by atoms with van der Waals surface area (Å²) in [5, 5.41) is 3.04. The summed E-state index contributed by atoms with van der Waals surface area (Å²) in [6.45, 7) is 2.34. The monoisotopic (exact) mass is 331 g/mol. The smallest absolute Gasteiger partial charge is 0.338 e. The highest BCUT2D eigenvalue weighted by molar-refractivity contribution is 7.98. The molecule has 23 heavy (non-hydrogen) atoms. The summed E-state index contributed by atoms with van der Waals surface area (Å²) >= 11 is 1.67. The van der Waals surface area contributed by atoms with Gasteiger partial charge in [0.2, 0.25) is 5.95 Å². The van der Waals surface area contributed by atoms with Gasteiger partial charge in [0, 0.05) is 22.8 Å². The molecule has 0 spiro atoms. The van der Waals surface area contributed by atoms with E-state index >= 15 is 0 Å². The Kier molecular flexibility index (Phi) is 4.66. The van der Waals surface area contributed by atoms with Gasteiger partial charge in [0.05, 0.1) is 17.9 Å². The number of rotatable bonds is 5. The van der Waals surface area contributed by atoms with Crippen LogP contribution in [0.15, 0.2) is 29.1 Å². The number of nitrogens with one attached hydrogen (secondary N) is 2. The lowest BCUT2D eigenvalue weighted by atomic mass is 10.2. The van der Waals surface area contributed by atoms with Gasteiger partial charge in [0.1, 0.15) is 0 Å². The largest absolute Gasteiger partial charge is 0.462 e. The predicted molar refractivity (Wildman–Crippen MR) is 90.2 cm³/mol. The number of benzene rings is 1. The molecule has 0 bridgehead atoms. The average Bonchev–Trinajstić information content (AvgIpc) is 3.02. The van der Waals surface area contributed by atoms with Gasteiger partial charge in [0.15, 0.2) is 0 Å². The number of ether oxygens (including phenoxy) is 1. The Morgan fingerprint density at radius 2 is 2.30 bits per heavy atom. The molecule has 0 aliphatic carbocycles. The van der Waals surface area contributed by atoms with E-state index in [0.717, 1.165) is 23.4 Å². The van der Waals surface area contributed by atoms with Crippen molar-refractivity contribution in [2.45, 2.75) is 24.9 Å². The van der Waals surface area contributed by atoms with E-state index in [-0.39, 0.29) is 11.5 Å². The lowest BCUT2D eigenvalue weighted by molar-refractivity contribution is 0.0505. The lowest BCUT2D eigenvalue weighted by Gasteiger charge is -2.08. The van der Waals surface area contributed by atoms with E-state index < -0.39 is 0 Å². The number of thioether (sulfide) groups is 1. The van der Waals surface area contributed by atoms with Gasteiger partial charge in [-0.2, -0.15) is 11.8 Å². The van der Waals surface area contributed by atoms with Crippen molar-refractivity contribution in [2.75, 3.05) is 11.9 Å². The summed E-state index contributed by atoms with van der Waals surface area (Å²) in [4.78, 5) is 31.0. The van der Waals surface area contributed by atoms with Crippen LogP contribution in [0.4, 0.5) is 11.6 Å². The summed E-state index contributed by atoms with van der Waals surface area (Å²) in [5.41, 5.74) is 2.59. The molecule has 120 valence electrons. The Morgan fingerprint density at radius 1 is 1.43 bits per heavy atom. The number of anilines is 2. The minimum atomic E-state index is -0.359. The maximum atomic E-state index is 12.0. The number of aromatic nitrogens is 2. The normalized spacial score (nSPS) is 12.7. The van der Waals surface area contributed by atoms with Crippen molar-refractivity contribution in [3.8, 4) is 0 Å². The predicted octanol–water partition coefficient (Wildman–Crippen LogP) is 2.83. The first-order valence-electron chi connectivity index (χ1n) is 7.41. The molecule has 0 atom stereocenters. The third kappa shape index (κ3) is 3.56. The first-order chi connectivity index (χ1) is 11.2. The topological polar surface area (TPSA) is 84.1 Å². The van der Waals surface area contributed by atoms with Crippen LogP contribution >= 0.6 is 11.8 Å². The van der Waals surface area contributed by atoms with Gasteiger partial charge in [-0.05, 0) is 24.6 Å². The zero-order valence-corrected chi connectivity index (χ0v) is 13.5. The third-order valence-corrected chi connectivity index (χ3v) is 4.35. The molecule has 2 aromatic rings. The second kappa shape index (κ2) is 6.87. The van der Waals surface area contributed by atoms with Crippen LogP contribution < -0.4 is 10.9 Å². The van der Waals surface area contributed by atoms with Gasteiger partial charge in [0.25, 0.3) is 5.56 Å². The third-order valence-electron chi connectivity index (χ3n) is 3.38. The van der Waals surface area contributed by atoms with Crippen molar-refractivity contribution in [1.29, 1.82) is 0 Å². The quantitative estimate of drug-likeness (QED) is 0.820. The zero-order chi connectivity index (χ0) is 16.2. The van der Waals surface area contributed by atoms with E-state index in [0.29, 0.717) is 29.6 Å². The molecule has 2 N–H and O–H groups in total. The van der Waals surface area contributed by atoms with Crippen LogP contribution in [0, 0.1) is 0 Å². The molecule has 0 fully saturated rings. The minimum Gasteiger partial charge on any atom is -0.462 e. The highest BCUT2D eigenvalue weighted by Crippen LogP contribution is 2.26. The number of hydrogen-bond donors (Lipinski definition) is 2. The molecule has 1 aliphatic rings. The lowest BCUT2D eigenvalue weighted by Crippen LogP contribution is -2.16. The van der Waals surface area contributed by atoms with E-state index in [4.69, 9.17) is 4.74 Å². The fraction of sp³-hybridized carbons (Fsp3) is 0.312. The molecule has 1 aromatic heterocycles. The summed E-state index contributed by atoms with van der Waals surface area (Å²) < 4.78 is 5.12. The highest BCUT2D eigenvalue weighted by Gasteiger charge is 2.17. The van der Waals surface area contributed by atoms with Gasteiger partial charge < -0.3 is 10.1 Å². The van der Waals surface area contributed by atoms with Crippen molar-refractivity contribution >= 4 is 29.4 Å². The van der Waals surface area contributed by atoms with Gasteiger partial charge in [-0.25, -0.2) is 9.78 Å². The fourth-order valence-corrected chi connectivity index (χ4v) is 3.30. The average molecular weight is 331 g/mol. The van der Waals surface area contributed by atoms with Gasteiger partial charge in [-0.1, -0.05) is 13.0 Å². The first-order valence-corrected chi connectivity index (χ1v) is 8.57. The minimum absolute atomic E-state index is 0.110. The maximum Gasteiger partial charge on any atom is 0.338 e. The number of esters is 1. The molecule has 6 nitrogen and oxygen atoms in total. The Morgan fingerprint density at radius 3 is 3.13 bits per heavy atom. The molecule has 0 saturated heterocycles. The Balaban J connectivity index is 1.80. The molecule has 0 saturated carbocycles. The van der Waals surface area contributed by atoms with Crippen molar-refractivity contribution < 1.29 is 9.53 Å². The molecule has 0 amide bonds. The van der Waals surface area contributed by atoms with Crippen LogP contribution in [0.5, 0.6) is 0 Å². The van der Waals surface area contributed by atoms with Crippen LogP contribution in [0.3, 0.4) is 0 Å². The summed E-state index contributed by atoms with van der Waals surface area (Å²) in [6, 6.07) is 6.93. The van der Waals surface area contributed by atoms with Crippen LogP contribution in [0.1, 0.15) is 35.0 Å². The number of carbonyl (C=O) groups is 1. The maximum absolute atomic E-state index is 12.0. The first kappa shape index (κ1) is 15.6. The number of fused-ring (bicyclic) bond motifs is 1. The van der Waals surface area contributed by atoms with Crippen LogP contribution in [-0.4, -0.2) is 22.5 Å². The number of carbonyl (C=O) groups excluding carboxylic acids is 1. The van der Waals surface area contributed by atoms with Crippen molar-refractivity contribution in [2.24, 2.45) is 0 Å². The van der Waals surface area contributed by atoms with Crippen LogP contribution in [0.25, 0.3) is 0 Å². The van der Waals surface area contributed by atoms with Crippen molar-refractivity contribution in [3.05, 3.63) is 51.4 Å². The molecule has 2 heterocycles. The Hall–Kier alpha value is -2.28. The summed E-state index contributed by atoms with van der Waals surface area (Å²) in [6.07, 6.45) is 0.780. The highest BCUT2D eigenvalue weighted by atomic mass is 32.2. The van der Waals surface area contributed by atoms with Gasteiger partial charge >= 0.3 is 5.97 Å². The van der Waals surface area contributed by atoms with E-state index in [1.165, 1.54) is 0 Å². The molecular weight excluding hydrogens is 314 g/mol. The van der Waals surface area contributed by atoms with Crippen LogP contribution in [-0.2, 0) is 16.2 Å². The second-order valence-electron chi connectivity index (χ2n) is 5.17. The fourth-order valence-electron chi connectivity index (χ4n) is 2.26. The molecule has 1 aromatic carbocycles. The second-order valence-corrected chi connectivity index (χ2v) is 6.16. The molecule has 7 heteroatoms. The number of aromatic amines is 1. The molecule has 3 rings (SSSR count). The van der Waals surface area contributed by atoms with E-state index in [2.05, 4.69) is 15.3 Å². The number of hydrogen-bond acceptors (Lipinski definition) is 6. The molecule has 0 radical (unpaired) electrons. The number of nitrogens with zero attached hydrogens (tertiary/aromatic N) is 1. The van der Waals surface area contributed by atoms with E-state index in [1.807, 2.05) is 6.92 Å². The van der Waals surface area contributed by atoms with Crippen molar-refractivity contribution in [3.63, 3.8) is 0 Å². The van der Waals surface area contributed by atoms with Gasteiger partial charge in [-0.3, -0.25) is 9.78 Å². The van der Waals surface area contributed by atoms with Crippen LogP contribution in [0.2, 0.25) is 0 Å². The molecule has 0 unspecified atom stereocenters. The Labute approximate surface area is 137 Å². The molecule has 1 aliphatic heterocycles. The summed E-state index contributed by atoms with van der Waals surface area (Å²) in [5.74, 6) is 1.48. The number of H-pyrrole nitrogens is 1. The Bertz CT molecular complexity index is 788. The van der Waals surface area contributed by atoms with E-state index in [1.54, 1.807) is 36.0 Å². The van der Waals surface area contributed by atoms with Gasteiger partial charge in [-0.15, -0.1) is 0 Å². The van der Waals surface area contributed by atoms with E-state index in [9.17, 15) is 9.59 Å².